The van der Waals surface area contributed by atoms with Gasteiger partial charge in [-0.25, -0.2) is 4.79 Å². The van der Waals surface area contributed by atoms with Gasteiger partial charge in [-0.3, -0.25) is 4.98 Å². The van der Waals surface area contributed by atoms with Crippen LogP contribution in [0, 0.1) is 11.8 Å². The Morgan fingerprint density at radius 3 is 2.74 bits per heavy atom. The molecule has 0 radical (unpaired) electrons. The Hall–Kier alpha value is -1.82. The second-order valence-corrected chi connectivity index (χ2v) is 8.71. The molecule has 1 saturated carbocycles. The van der Waals surface area contributed by atoms with Gasteiger partial charge in [0.1, 0.15) is 18.0 Å². The Kier molecular flexibility index (Phi) is 5.94. The van der Waals surface area contributed by atoms with Crippen molar-refractivity contribution in [3.8, 4) is 5.75 Å². The van der Waals surface area contributed by atoms with Crippen LogP contribution in [-0.2, 0) is 9.47 Å². The summed E-state index contributed by atoms with van der Waals surface area (Å²) in [5, 5.41) is 0. The van der Waals surface area contributed by atoms with E-state index in [0.717, 1.165) is 31.7 Å². The molecule has 3 rings (SSSR count). The topological polar surface area (TPSA) is 60.9 Å². The van der Waals surface area contributed by atoms with E-state index in [0.29, 0.717) is 24.4 Å². The Labute approximate surface area is 162 Å². The molecule has 2 heterocycles. The highest BCUT2D eigenvalue weighted by atomic mass is 16.6. The van der Waals surface area contributed by atoms with Crippen molar-refractivity contribution >= 4 is 6.09 Å². The Bertz CT molecular complexity index is 658. The molecule has 2 aliphatic rings. The highest BCUT2D eigenvalue weighted by Gasteiger charge is 2.47. The van der Waals surface area contributed by atoms with Crippen molar-refractivity contribution in [2.24, 2.45) is 11.8 Å². The molecule has 4 unspecified atom stereocenters. The SMILES string of the molecule is COCCC1C(C)C1c1cncc(OCC2CCN2C(=O)OC(C)(C)C)c1. The molecule has 4 atom stereocenters. The van der Waals surface area contributed by atoms with Crippen LogP contribution >= 0.6 is 0 Å². The van der Waals surface area contributed by atoms with Gasteiger partial charge in [0.15, 0.2) is 0 Å². The van der Waals surface area contributed by atoms with Crippen LogP contribution in [0.4, 0.5) is 4.79 Å². The van der Waals surface area contributed by atoms with Gasteiger partial charge in [0.2, 0.25) is 0 Å². The van der Waals surface area contributed by atoms with Crippen LogP contribution in [0.2, 0.25) is 0 Å². The molecule has 6 heteroatoms. The minimum Gasteiger partial charge on any atom is -0.490 e. The second-order valence-electron chi connectivity index (χ2n) is 8.71. The molecule has 0 N–H and O–H groups in total. The molecule has 27 heavy (non-hydrogen) atoms. The maximum atomic E-state index is 12.2. The van der Waals surface area contributed by atoms with Crippen LogP contribution in [0.1, 0.15) is 52.0 Å². The summed E-state index contributed by atoms with van der Waals surface area (Å²) >= 11 is 0. The fraction of sp³-hybridized carbons (Fsp3) is 0.714. The molecule has 150 valence electrons. The fourth-order valence-corrected chi connectivity index (χ4v) is 3.86. The first-order valence-corrected chi connectivity index (χ1v) is 9.86. The zero-order valence-electron chi connectivity index (χ0n) is 17.1. The van der Waals surface area contributed by atoms with E-state index in [1.807, 2.05) is 27.0 Å². The first-order chi connectivity index (χ1) is 12.8. The van der Waals surface area contributed by atoms with E-state index in [-0.39, 0.29) is 12.1 Å². The number of ether oxygens (including phenoxy) is 3. The third-order valence-corrected chi connectivity index (χ3v) is 5.55. The van der Waals surface area contributed by atoms with Gasteiger partial charge >= 0.3 is 6.09 Å². The maximum absolute atomic E-state index is 12.2. The van der Waals surface area contributed by atoms with Gasteiger partial charge < -0.3 is 19.1 Å². The zero-order chi connectivity index (χ0) is 19.6. The average Bonchev–Trinajstić information content (AvgIpc) is 3.20. The van der Waals surface area contributed by atoms with Crippen LogP contribution < -0.4 is 4.74 Å². The summed E-state index contributed by atoms with van der Waals surface area (Å²) in [4.78, 5) is 18.3. The molecule has 1 aliphatic carbocycles. The van der Waals surface area contributed by atoms with E-state index in [9.17, 15) is 4.79 Å². The van der Waals surface area contributed by atoms with Gasteiger partial charge in [-0.15, -0.1) is 0 Å². The summed E-state index contributed by atoms with van der Waals surface area (Å²) in [6.45, 7) is 9.92. The van der Waals surface area contributed by atoms with E-state index < -0.39 is 5.60 Å². The number of hydrogen-bond donors (Lipinski definition) is 0. The number of amides is 1. The van der Waals surface area contributed by atoms with Crippen LogP contribution in [0.5, 0.6) is 5.75 Å². The molecule has 1 aromatic heterocycles. The number of carbonyl (C=O) groups excluding carboxylic acids is 1. The van der Waals surface area contributed by atoms with E-state index >= 15 is 0 Å². The zero-order valence-corrected chi connectivity index (χ0v) is 17.1. The van der Waals surface area contributed by atoms with Crippen molar-refractivity contribution in [1.29, 1.82) is 0 Å². The highest BCUT2D eigenvalue weighted by Crippen LogP contribution is 2.55. The number of carbonyl (C=O) groups is 1. The van der Waals surface area contributed by atoms with Gasteiger partial charge in [0.05, 0.1) is 12.2 Å². The first-order valence-electron chi connectivity index (χ1n) is 9.86. The number of hydrogen-bond acceptors (Lipinski definition) is 5. The lowest BCUT2D eigenvalue weighted by Gasteiger charge is -2.40. The lowest BCUT2D eigenvalue weighted by molar-refractivity contribution is -0.0141. The summed E-state index contributed by atoms with van der Waals surface area (Å²) in [7, 11) is 1.75. The van der Waals surface area contributed by atoms with E-state index in [1.54, 1.807) is 18.2 Å². The normalized spacial score (nSPS) is 27.1. The van der Waals surface area contributed by atoms with E-state index in [4.69, 9.17) is 14.2 Å². The highest BCUT2D eigenvalue weighted by molar-refractivity contribution is 5.69. The van der Waals surface area contributed by atoms with Crippen LogP contribution in [0.3, 0.4) is 0 Å². The van der Waals surface area contributed by atoms with Gasteiger partial charge in [0, 0.05) is 26.5 Å². The molecule has 1 saturated heterocycles. The number of pyridine rings is 1. The van der Waals surface area contributed by atoms with E-state index in [2.05, 4.69) is 18.0 Å². The van der Waals surface area contributed by atoms with Crippen molar-refractivity contribution < 1.29 is 19.0 Å². The number of methoxy groups -OCH3 is 1. The Morgan fingerprint density at radius 2 is 2.11 bits per heavy atom. The standard InChI is InChI=1S/C21H32N2O4/c1-14-18(7-9-25-5)19(14)15-10-17(12-22-11-15)26-13-16-6-8-23(16)20(24)27-21(2,3)4/h10-12,14,16,18-19H,6-9,13H2,1-5H3. The largest absolute Gasteiger partial charge is 0.490 e. The number of nitrogens with zero attached hydrogens (tertiary/aromatic N) is 2. The molecule has 0 bridgehead atoms. The van der Waals surface area contributed by atoms with Crippen molar-refractivity contribution in [3.63, 3.8) is 0 Å². The summed E-state index contributed by atoms with van der Waals surface area (Å²) in [6, 6.07) is 2.16. The van der Waals surface area contributed by atoms with Crippen LogP contribution in [0.15, 0.2) is 18.5 Å². The third-order valence-electron chi connectivity index (χ3n) is 5.55. The molecule has 6 nitrogen and oxygen atoms in total. The Morgan fingerprint density at radius 1 is 1.33 bits per heavy atom. The molecular formula is C21H32N2O4. The summed E-state index contributed by atoms with van der Waals surface area (Å²) in [5.74, 6) is 2.63. The molecule has 0 aromatic carbocycles. The summed E-state index contributed by atoms with van der Waals surface area (Å²) in [6.07, 6.45) is 5.45. The predicted octanol–water partition coefficient (Wildman–Crippen LogP) is 3.86. The average molecular weight is 376 g/mol. The van der Waals surface area contributed by atoms with Gasteiger partial charge in [-0.05, 0) is 63.0 Å². The van der Waals surface area contributed by atoms with Gasteiger partial charge in [-0.1, -0.05) is 6.92 Å². The Balaban J connectivity index is 1.51. The lowest BCUT2D eigenvalue weighted by atomic mass is 10.1. The summed E-state index contributed by atoms with van der Waals surface area (Å²) < 4.78 is 16.6. The van der Waals surface area contributed by atoms with Gasteiger partial charge in [0.25, 0.3) is 0 Å². The summed E-state index contributed by atoms with van der Waals surface area (Å²) in [5.41, 5.74) is 0.759. The van der Waals surface area contributed by atoms with Crippen molar-refractivity contribution in [2.75, 3.05) is 26.9 Å². The molecule has 0 spiro atoms. The third kappa shape index (κ3) is 4.92. The fourth-order valence-electron chi connectivity index (χ4n) is 3.86. The number of likely N-dealkylation sites (tertiary alicyclic amines) is 1. The van der Waals surface area contributed by atoms with Crippen molar-refractivity contribution in [2.45, 2.75) is 58.1 Å². The monoisotopic (exact) mass is 376 g/mol. The lowest BCUT2D eigenvalue weighted by Crippen LogP contribution is -2.55. The molecule has 1 amide bonds. The molecule has 1 aliphatic heterocycles. The predicted molar refractivity (Wildman–Crippen MR) is 103 cm³/mol. The second kappa shape index (κ2) is 8.05. The van der Waals surface area contributed by atoms with Crippen molar-refractivity contribution in [1.82, 2.24) is 9.88 Å². The smallest absolute Gasteiger partial charge is 0.410 e. The van der Waals surface area contributed by atoms with E-state index in [1.165, 1.54) is 5.56 Å². The molecular weight excluding hydrogens is 344 g/mol. The van der Waals surface area contributed by atoms with Crippen LogP contribution in [-0.4, -0.2) is 54.5 Å². The molecule has 1 aromatic rings. The molecule has 2 fully saturated rings. The minimum atomic E-state index is -0.476. The number of rotatable bonds is 7. The van der Waals surface area contributed by atoms with Crippen LogP contribution in [0.25, 0.3) is 0 Å². The number of aromatic nitrogens is 1. The quantitative estimate of drug-likeness (QED) is 0.723. The maximum Gasteiger partial charge on any atom is 0.410 e. The van der Waals surface area contributed by atoms with Crippen molar-refractivity contribution in [3.05, 3.63) is 24.0 Å². The minimum absolute atomic E-state index is 0.0674. The van der Waals surface area contributed by atoms with Gasteiger partial charge in [-0.2, -0.15) is 0 Å². The first kappa shape index (κ1) is 19.9.